The standard InChI is InChI=1S/C18H14ClFN4O2/c1-2-23-17(25)12-5-3-4-6-15(12)24-16(21-22-18(23)24)10-26-11-7-8-14(20)13(19)9-11/h3-9H,2,10H2,1H3. The normalized spacial score (nSPS) is 11.3. The largest absolute Gasteiger partial charge is 0.486 e. The Labute approximate surface area is 152 Å². The first-order chi connectivity index (χ1) is 12.6. The highest BCUT2D eigenvalue weighted by atomic mass is 35.5. The van der Waals surface area contributed by atoms with Crippen LogP contribution in [0.3, 0.4) is 0 Å². The number of ether oxygens (including phenoxy) is 1. The minimum absolute atomic E-state index is 0.0149. The van der Waals surface area contributed by atoms with E-state index in [2.05, 4.69) is 10.2 Å². The van der Waals surface area contributed by atoms with Crippen LogP contribution in [0.15, 0.2) is 47.3 Å². The van der Waals surface area contributed by atoms with E-state index in [1.165, 1.54) is 18.2 Å². The van der Waals surface area contributed by atoms with Gasteiger partial charge in [0.15, 0.2) is 5.82 Å². The van der Waals surface area contributed by atoms with Crippen molar-refractivity contribution in [2.75, 3.05) is 0 Å². The highest BCUT2D eigenvalue weighted by Crippen LogP contribution is 2.22. The molecule has 0 N–H and O–H groups in total. The Balaban J connectivity index is 1.82. The number of benzene rings is 2. The molecule has 0 amide bonds. The number of aryl methyl sites for hydroxylation is 1. The summed E-state index contributed by atoms with van der Waals surface area (Å²) < 4.78 is 22.3. The van der Waals surface area contributed by atoms with Crippen LogP contribution in [0.2, 0.25) is 5.02 Å². The van der Waals surface area contributed by atoms with Gasteiger partial charge in [-0.1, -0.05) is 23.7 Å². The maximum atomic E-state index is 13.3. The average molecular weight is 373 g/mol. The van der Waals surface area contributed by atoms with Crippen LogP contribution >= 0.6 is 11.6 Å². The number of aromatic nitrogens is 4. The molecule has 2 heterocycles. The van der Waals surface area contributed by atoms with Gasteiger partial charge in [0.1, 0.15) is 18.2 Å². The van der Waals surface area contributed by atoms with Crippen molar-refractivity contribution >= 4 is 28.3 Å². The molecule has 8 heteroatoms. The van der Waals surface area contributed by atoms with E-state index in [4.69, 9.17) is 16.3 Å². The molecule has 2 aromatic carbocycles. The Bertz CT molecular complexity index is 1190. The van der Waals surface area contributed by atoms with Crippen LogP contribution in [-0.4, -0.2) is 19.2 Å². The van der Waals surface area contributed by atoms with Crippen molar-refractivity contribution in [3.05, 3.63) is 69.5 Å². The van der Waals surface area contributed by atoms with Crippen LogP contribution in [0.25, 0.3) is 16.7 Å². The van der Waals surface area contributed by atoms with Crippen LogP contribution < -0.4 is 10.3 Å². The predicted molar refractivity (Wildman–Crippen MR) is 96.2 cm³/mol. The third-order valence-electron chi connectivity index (χ3n) is 4.15. The van der Waals surface area contributed by atoms with Gasteiger partial charge in [-0.05, 0) is 31.2 Å². The van der Waals surface area contributed by atoms with Crippen LogP contribution in [0, 0.1) is 5.82 Å². The number of rotatable bonds is 4. The lowest BCUT2D eigenvalue weighted by atomic mass is 10.2. The van der Waals surface area contributed by atoms with Crippen molar-refractivity contribution in [3.8, 4) is 5.75 Å². The van der Waals surface area contributed by atoms with Crippen molar-refractivity contribution < 1.29 is 9.13 Å². The van der Waals surface area contributed by atoms with Gasteiger partial charge < -0.3 is 4.74 Å². The molecule has 0 saturated heterocycles. The summed E-state index contributed by atoms with van der Waals surface area (Å²) in [5.41, 5.74) is 0.596. The Kier molecular flexibility index (Phi) is 4.08. The van der Waals surface area contributed by atoms with Gasteiger partial charge in [0.2, 0.25) is 5.78 Å². The minimum atomic E-state index is -0.509. The topological polar surface area (TPSA) is 61.4 Å². The maximum Gasteiger partial charge on any atom is 0.262 e. The molecule has 0 saturated carbocycles. The van der Waals surface area contributed by atoms with Gasteiger partial charge in [-0.2, -0.15) is 0 Å². The predicted octanol–water partition coefficient (Wildman–Crippen LogP) is 3.44. The molecule has 132 valence electrons. The summed E-state index contributed by atoms with van der Waals surface area (Å²) in [5, 5.41) is 8.89. The molecule has 26 heavy (non-hydrogen) atoms. The number of hydrogen-bond donors (Lipinski definition) is 0. The van der Waals surface area contributed by atoms with Gasteiger partial charge >= 0.3 is 0 Å². The lowest BCUT2D eigenvalue weighted by molar-refractivity contribution is 0.294. The third kappa shape index (κ3) is 2.61. The van der Waals surface area contributed by atoms with E-state index in [0.29, 0.717) is 34.8 Å². The summed E-state index contributed by atoms with van der Waals surface area (Å²) in [6.45, 7) is 2.44. The highest BCUT2D eigenvalue weighted by molar-refractivity contribution is 6.30. The molecule has 0 aliphatic carbocycles. The Morgan fingerprint density at radius 3 is 2.77 bits per heavy atom. The smallest absolute Gasteiger partial charge is 0.262 e. The second kappa shape index (κ2) is 6.42. The van der Waals surface area contributed by atoms with Crippen LogP contribution in [0.4, 0.5) is 4.39 Å². The lowest BCUT2D eigenvalue weighted by Gasteiger charge is -2.10. The van der Waals surface area contributed by atoms with E-state index in [1.807, 2.05) is 25.1 Å². The maximum absolute atomic E-state index is 13.3. The first-order valence-electron chi connectivity index (χ1n) is 8.03. The molecule has 0 bridgehead atoms. The molecule has 4 aromatic rings. The molecule has 0 fully saturated rings. The van der Waals surface area contributed by atoms with E-state index in [9.17, 15) is 9.18 Å². The fraction of sp³-hybridized carbons (Fsp3) is 0.167. The molecule has 0 unspecified atom stereocenters. The molecule has 0 aliphatic rings. The van der Waals surface area contributed by atoms with Gasteiger partial charge in [-0.25, -0.2) is 4.39 Å². The number of para-hydroxylation sites is 1. The van der Waals surface area contributed by atoms with Crippen LogP contribution in [0.5, 0.6) is 5.75 Å². The molecular formula is C18H14ClFN4O2. The number of halogens is 2. The number of hydrogen-bond acceptors (Lipinski definition) is 4. The zero-order chi connectivity index (χ0) is 18.3. The number of fused-ring (bicyclic) bond motifs is 3. The zero-order valence-corrected chi connectivity index (χ0v) is 14.6. The van der Waals surface area contributed by atoms with E-state index < -0.39 is 5.82 Å². The zero-order valence-electron chi connectivity index (χ0n) is 13.8. The minimum Gasteiger partial charge on any atom is -0.486 e. The second-order valence-corrected chi connectivity index (χ2v) is 6.09. The molecule has 0 spiro atoms. The van der Waals surface area contributed by atoms with Crippen molar-refractivity contribution in [2.24, 2.45) is 0 Å². The third-order valence-corrected chi connectivity index (χ3v) is 4.44. The molecule has 0 radical (unpaired) electrons. The Morgan fingerprint density at radius 2 is 2.00 bits per heavy atom. The van der Waals surface area contributed by atoms with Gasteiger partial charge in [0.25, 0.3) is 5.56 Å². The van der Waals surface area contributed by atoms with E-state index >= 15 is 0 Å². The summed E-state index contributed by atoms with van der Waals surface area (Å²) in [6.07, 6.45) is 0. The average Bonchev–Trinajstić information content (AvgIpc) is 3.07. The first-order valence-corrected chi connectivity index (χ1v) is 8.41. The molecule has 2 aromatic heterocycles. The van der Waals surface area contributed by atoms with Crippen molar-refractivity contribution in [2.45, 2.75) is 20.1 Å². The molecular weight excluding hydrogens is 359 g/mol. The Hall–Kier alpha value is -2.93. The SMILES string of the molecule is CCn1c(=O)c2ccccc2n2c(COc3ccc(F)c(Cl)c3)nnc12. The molecule has 4 rings (SSSR count). The molecule has 0 aliphatic heterocycles. The monoisotopic (exact) mass is 372 g/mol. The second-order valence-electron chi connectivity index (χ2n) is 5.68. The summed E-state index contributed by atoms with van der Waals surface area (Å²) in [6, 6.07) is 11.4. The van der Waals surface area contributed by atoms with E-state index in [-0.39, 0.29) is 17.2 Å². The van der Waals surface area contributed by atoms with Crippen molar-refractivity contribution in [1.29, 1.82) is 0 Å². The first kappa shape index (κ1) is 16.5. The Morgan fingerprint density at radius 1 is 1.19 bits per heavy atom. The highest BCUT2D eigenvalue weighted by Gasteiger charge is 2.16. The summed E-state index contributed by atoms with van der Waals surface area (Å²) in [7, 11) is 0. The molecule has 6 nitrogen and oxygen atoms in total. The molecule has 0 atom stereocenters. The van der Waals surface area contributed by atoms with Gasteiger partial charge in [0.05, 0.1) is 15.9 Å². The quantitative estimate of drug-likeness (QED) is 0.550. The van der Waals surface area contributed by atoms with Crippen molar-refractivity contribution in [3.63, 3.8) is 0 Å². The summed E-state index contributed by atoms with van der Waals surface area (Å²) in [4.78, 5) is 12.6. The van der Waals surface area contributed by atoms with Gasteiger partial charge in [-0.3, -0.25) is 13.8 Å². The van der Waals surface area contributed by atoms with Crippen LogP contribution in [-0.2, 0) is 13.2 Å². The summed E-state index contributed by atoms with van der Waals surface area (Å²) >= 11 is 5.78. The fourth-order valence-corrected chi connectivity index (χ4v) is 3.08. The van der Waals surface area contributed by atoms with E-state index in [1.54, 1.807) is 15.0 Å². The van der Waals surface area contributed by atoms with Gasteiger partial charge in [-0.15, -0.1) is 10.2 Å². The van der Waals surface area contributed by atoms with E-state index in [0.717, 1.165) is 0 Å². The van der Waals surface area contributed by atoms with Crippen LogP contribution in [0.1, 0.15) is 12.7 Å². The fourth-order valence-electron chi connectivity index (χ4n) is 2.91. The van der Waals surface area contributed by atoms with Crippen molar-refractivity contribution in [1.82, 2.24) is 19.2 Å². The number of nitrogens with zero attached hydrogens (tertiary/aromatic N) is 4. The van der Waals surface area contributed by atoms with Gasteiger partial charge in [0, 0.05) is 12.6 Å². The lowest BCUT2D eigenvalue weighted by Crippen LogP contribution is -2.22. The summed E-state index contributed by atoms with van der Waals surface area (Å²) in [5.74, 6) is 0.886.